The van der Waals surface area contributed by atoms with Crippen LogP contribution in [0.1, 0.15) is 10.4 Å². The molecule has 1 N–H and O–H groups in total. The van der Waals surface area contributed by atoms with Gasteiger partial charge in [-0.05, 0) is 24.3 Å². The van der Waals surface area contributed by atoms with Gasteiger partial charge in [0.1, 0.15) is 5.56 Å². The third-order valence-corrected chi connectivity index (χ3v) is 3.28. The third-order valence-electron chi connectivity index (χ3n) is 2.74. The third kappa shape index (κ3) is 4.40. The van der Waals surface area contributed by atoms with Crippen molar-refractivity contribution in [2.24, 2.45) is 0 Å². The zero-order valence-electron chi connectivity index (χ0n) is 11.9. The van der Waals surface area contributed by atoms with E-state index in [0.29, 0.717) is 0 Å². The monoisotopic (exact) mass is 369 g/mol. The first-order valence-corrected chi connectivity index (χ1v) is 7.15. The zero-order chi connectivity index (χ0) is 17.7. The van der Waals surface area contributed by atoms with Gasteiger partial charge in [0.2, 0.25) is 0 Å². The van der Waals surface area contributed by atoms with E-state index in [-0.39, 0.29) is 21.4 Å². The molecule has 0 bridgehead atoms. The van der Waals surface area contributed by atoms with Crippen LogP contribution >= 0.6 is 23.2 Å². The quantitative estimate of drug-likeness (QED) is 0.375. The minimum Gasteiger partial charge on any atom is -0.452 e. The Labute approximate surface area is 145 Å². The Balaban J connectivity index is 2.03. The highest BCUT2D eigenvalue weighted by molar-refractivity contribution is 6.32. The van der Waals surface area contributed by atoms with Gasteiger partial charge in [-0.3, -0.25) is 14.9 Å². The van der Waals surface area contributed by atoms with E-state index >= 15 is 0 Å². The Morgan fingerprint density at radius 2 is 2.04 bits per heavy atom. The molecule has 24 heavy (non-hydrogen) atoms. The molecule has 124 valence electrons. The van der Waals surface area contributed by atoms with Crippen LogP contribution in [-0.2, 0) is 9.53 Å². The fraction of sp³-hybridized carbons (Fsp3) is 0.0714. The lowest BCUT2D eigenvalue weighted by Gasteiger charge is -2.07. The first-order chi connectivity index (χ1) is 11.4. The van der Waals surface area contributed by atoms with Crippen LogP contribution in [0.2, 0.25) is 10.2 Å². The molecule has 8 nitrogen and oxygen atoms in total. The minimum atomic E-state index is -1.04. The number of rotatable bonds is 5. The number of benzene rings is 1. The number of anilines is 1. The van der Waals surface area contributed by atoms with Crippen molar-refractivity contribution in [3.05, 3.63) is 62.4 Å². The number of pyridine rings is 1. The summed E-state index contributed by atoms with van der Waals surface area (Å²) >= 11 is 11.5. The number of nitro groups is 1. The molecule has 0 radical (unpaired) electrons. The van der Waals surface area contributed by atoms with Gasteiger partial charge in [-0.1, -0.05) is 23.2 Å². The number of carbonyl (C=O) groups excluding carboxylic acids is 2. The Bertz CT molecular complexity index is 813. The summed E-state index contributed by atoms with van der Waals surface area (Å²) in [6.45, 7) is -0.659. The van der Waals surface area contributed by atoms with Crippen molar-refractivity contribution in [3.63, 3.8) is 0 Å². The molecule has 0 unspecified atom stereocenters. The average Bonchev–Trinajstić information content (AvgIpc) is 2.54. The van der Waals surface area contributed by atoms with Crippen LogP contribution in [0.4, 0.5) is 11.4 Å². The number of aromatic nitrogens is 1. The van der Waals surface area contributed by atoms with Crippen molar-refractivity contribution in [1.82, 2.24) is 4.98 Å². The highest BCUT2D eigenvalue weighted by Gasteiger charge is 2.22. The van der Waals surface area contributed by atoms with Crippen LogP contribution < -0.4 is 5.32 Å². The molecule has 2 rings (SSSR count). The minimum absolute atomic E-state index is 0.0719. The molecular weight excluding hydrogens is 361 g/mol. The highest BCUT2D eigenvalue weighted by Crippen LogP contribution is 2.23. The summed E-state index contributed by atoms with van der Waals surface area (Å²) in [7, 11) is 0. The fourth-order valence-electron chi connectivity index (χ4n) is 1.71. The molecule has 0 aliphatic carbocycles. The summed E-state index contributed by atoms with van der Waals surface area (Å²) < 4.78 is 4.77. The van der Waals surface area contributed by atoms with E-state index in [9.17, 15) is 19.7 Å². The summed E-state index contributed by atoms with van der Waals surface area (Å²) in [5.41, 5.74) is -0.575. The highest BCUT2D eigenvalue weighted by atomic mass is 35.5. The first kappa shape index (κ1) is 17.6. The SMILES string of the molecule is O=C(COC(=O)c1cc(Cl)ccc1[N+](=O)[O-])Nc1cccnc1Cl. The lowest BCUT2D eigenvalue weighted by molar-refractivity contribution is -0.385. The van der Waals surface area contributed by atoms with Gasteiger partial charge in [-0.2, -0.15) is 0 Å². The van der Waals surface area contributed by atoms with E-state index in [1.165, 1.54) is 18.3 Å². The largest absolute Gasteiger partial charge is 0.452 e. The fourth-order valence-corrected chi connectivity index (χ4v) is 2.04. The van der Waals surface area contributed by atoms with Crippen molar-refractivity contribution < 1.29 is 19.2 Å². The number of amides is 1. The van der Waals surface area contributed by atoms with Crippen LogP contribution in [0.25, 0.3) is 0 Å². The van der Waals surface area contributed by atoms with Gasteiger partial charge in [0.15, 0.2) is 11.8 Å². The predicted molar refractivity (Wildman–Crippen MR) is 86.3 cm³/mol. The molecule has 0 saturated heterocycles. The number of halogens is 2. The molecule has 0 aliphatic heterocycles. The Kier molecular flexibility index (Phi) is 5.67. The smallest absolute Gasteiger partial charge is 0.345 e. The van der Waals surface area contributed by atoms with Crippen molar-refractivity contribution in [3.8, 4) is 0 Å². The predicted octanol–water partition coefficient (Wildman–Crippen LogP) is 3.09. The van der Waals surface area contributed by atoms with Gasteiger partial charge in [0.05, 0.1) is 10.6 Å². The van der Waals surface area contributed by atoms with Gasteiger partial charge in [-0.25, -0.2) is 9.78 Å². The van der Waals surface area contributed by atoms with E-state index in [2.05, 4.69) is 10.3 Å². The normalized spacial score (nSPS) is 10.1. The van der Waals surface area contributed by atoms with Crippen LogP contribution in [0.5, 0.6) is 0 Å². The number of nitro benzene ring substituents is 1. The lowest BCUT2D eigenvalue weighted by atomic mass is 10.2. The van der Waals surface area contributed by atoms with E-state index in [4.69, 9.17) is 27.9 Å². The van der Waals surface area contributed by atoms with Crippen molar-refractivity contribution in [2.75, 3.05) is 11.9 Å². The summed E-state index contributed by atoms with van der Waals surface area (Å²) in [4.78, 5) is 37.6. The number of carbonyl (C=O) groups is 2. The summed E-state index contributed by atoms with van der Waals surface area (Å²) in [6, 6.07) is 6.51. The maximum Gasteiger partial charge on any atom is 0.345 e. The summed E-state index contributed by atoms with van der Waals surface area (Å²) in [5.74, 6) is -1.72. The molecule has 2 aromatic rings. The molecule has 1 aromatic carbocycles. The number of nitrogens with one attached hydrogen (secondary N) is 1. The van der Waals surface area contributed by atoms with Crippen LogP contribution in [0, 0.1) is 10.1 Å². The van der Waals surface area contributed by atoms with E-state index in [0.717, 1.165) is 12.1 Å². The summed E-state index contributed by atoms with van der Waals surface area (Å²) in [6.07, 6.45) is 1.44. The van der Waals surface area contributed by atoms with Gasteiger partial charge in [-0.15, -0.1) is 0 Å². The van der Waals surface area contributed by atoms with Crippen LogP contribution in [-0.4, -0.2) is 28.4 Å². The Morgan fingerprint density at radius 1 is 1.29 bits per heavy atom. The number of hydrogen-bond donors (Lipinski definition) is 1. The van der Waals surface area contributed by atoms with E-state index in [1.807, 2.05) is 0 Å². The average molecular weight is 370 g/mol. The second-order valence-electron chi connectivity index (χ2n) is 4.38. The molecule has 0 spiro atoms. The number of hydrogen-bond acceptors (Lipinski definition) is 6. The summed E-state index contributed by atoms with van der Waals surface area (Å²) in [5, 5.41) is 13.5. The molecule has 0 saturated carbocycles. The second kappa shape index (κ2) is 7.71. The zero-order valence-corrected chi connectivity index (χ0v) is 13.4. The van der Waals surface area contributed by atoms with Gasteiger partial charge in [0, 0.05) is 17.3 Å². The maximum atomic E-state index is 11.9. The number of nitrogens with zero attached hydrogens (tertiary/aromatic N) is 2. The topological polar surface area (TPSA) is 111 Å². The molecular formula is C14H9Cl2N3O5. The number of esters is 1. The Hall–Kier alpha value is -2.71. The van der Waals surface area contributed by atoms with Gasteiger partial charge >= 0.3 is 5.97 Å². The van der Waals surface area contributed by atoms with Gasteiger partial charge < -0.3 is 10.1 Å². The van der Waals surface area contributed by atoms with Crippen molar-refractivity contribution >= 4 is 46.5 Å². The maximum absolute atomic E-state index is 11.9. The molecule has 0 fully saturated rings. The molecule has 1 aromatic heterocycles. The first-order valence-electron chi connectivity index (χ1n) is 6.40. The number of ether oxygens (including phenoxy) is 1. The van der Waals surface area contributed by atoms with Crippen LogP contribution in [0.15, 0.2) is 36.5 Å². The molecule has 10 heteroatoms. The molecule has 0 atom stereocenters. The van der Waals surface area contributed by atoms with E-state index < -0.39 is 29.1 Å². The van der Waals surface area contributed by atoms with Crippen molar-refractivity contribution in [2.45, 2.75) is 0 Å². The van der Waals surface area contributed by atoms with Crippen molar-refractivity contribution in [1.29, 1.82) is 0 Å². The van der Waals surface area contributed by atoms with Crippen LogP contribution in [0.3, 0.4) is 0 Å². The van der Waals surface area contributed by atoms with Gasteiger partial charge in [0.25, 0.3) is 11.6 Å². The Morgan fingerprint density at radius 3 is 2.71 bits per heavy atom. The second-order valence-corrected chi connectivity index (χ2v) is 5.18. The standard InChI is InChI=1S/C14H9Cl2N3O5/c15-8-3-4-11(19(22)23)9(6-8)14(21)24-7-12(20)18-10-2-1-5-17-13(10)16/h1-6H,7H2,(H,18,20). The van der Waals surface area contributed by atoms with E-state index in [1.54, 1.807) is 6.07 Å². The lowest BCUT2D eigenvalue weighted by Crippen LogP contribution is -2.21. The molecule has 1 amide bonds. The molecule has 1 heterocycles. The molecule has 0 aliphatic rings.